The van der Waals surface area contributed by atoms with E-state index in [1.807, 2.05) is 0 Å². The van der Waals surface area contributed by atoms with E-state index in [2.05, 4.69) is 10.1 Å². The first-order valence-corrected chi connectivity index (χ1v) is 8.21. The van der Waals surface area contributed by atoms with Crippen molar-refractivity contribution >= 4 is 5.91 Å². The van der Waals surface area contributed by atoms with Gasteiger partial charge in [0.05, 0.1) is 5.56 Å². The molecule has 1 unspecified atom stereocenters. The summed E-state index contributed by atoms with van der Waals surface area (Å²) in [6.45, 7) is 0.0918. The van der Waals surface area contributed by atoms with Crippen molar-refractivity contribution in [2.75, 3.05) is 0 Å². The van der Waals surface area contributed by atoms with Gasteiger partial charge in [-0.05, 0) is 37.0 Å². The highest BCUT2D eigenvalue weighted by atomic mass is 19.4. The van der Waals surface area contributed by atoms with Crippen molar-refractivity contribution in [3.63, 3.8) is 0 Å². The number of hydrogen-bond acceptors (Lipinski definition) is 4. The lowest BCUT2D eigenvalue weighted by molar-refractivity contribution is -0.137. The first-order chi connectivity index (χ1) is 11.9. The summed E-state index contributed by atoms with van der Waals surface area (Å²) < 4.78 is 43.9. The van der Waals surface area contributed by atoms with Crippen LogP contribution in [0, 0.1) is 0 Å². The van der Waals surface area contributed by atoms with Gasteiger partial charge >= 0.3 is 6.18 Å². The third kappa shape index (κ3) is 3.25. The van der Waals surface area contributed by atoms with E-state index in [9.17, 15) is 18.0 Å². The summed E-state index contributed by atoms with van der Waals surface area (Å²) in [6.07, 6.45) is -1.47. The van der Waals surface area contributed by atoms with Crippen LogP contribution in [0.15, 0.2) is 28.8 Å². The highest BCUT2D eigenvalue weighted by Gasteiger charge is 2.38. The lowest BCUT2D eigenvalue weighted by atomic mass is 10.1. The number of amides is 1. The molecule has 2 aromatic rings. The van der Waals surface area contributed by atoms with Crippen molar-refractivity contribution in [2.24, 2.45) is 0 Å². The van der Waals surface area contributed by atoms with Crippen LogP contribution in [0.25, 0.3) is 0 Å². The molecule has 2 aliphatic rings. The molecule has 5 nitrogen and oxygen atoms in total. The molecule has 1 atom stereocenters. The Bertz CT molecular complexity index is 798. The van der Waals surface area contributed by atoms with E-state index >= 15 is 0 Å². The van der Waals surface area contributed by atoms with Crippen molar-refractivity contribution in [1.29, 1.82) is 0 Å². The van der Waals surface area contributed by atoms with Gasteiger partial charge in [0.2, 0.25) is 11.8 Å². The second kappa shape index (κ2) is 5.86. The van der Waals surface area contributed by atoms with Crippen LogP contribution in [0.1, 0.15) is 60.5 Å². The molecule has 1 aliphatic heterocycles. The van der Waals surface area contributed by atoms with Gasteiger partial charge in [-0.3, -0.25) is 4.79 Å². The maximum Gasteiger partial charge on any atom is 0.416 e. The minimum atomic E-state index is -4.41. The Hall–Kier alpha value is -2.38. The van der Waals surface area contributed by atoms with Gasteiger partial charge in [-0.2, -0.15) is 18.2 Å². The van der Waals surface area contributed by atoms with Crippen molar-refractivity contribution in [1.82, 2.24) is 15.0 Å². The van der Waals surface area contributed by atoms with Crippen molar-refractivity contribution < 1.29 is 22.5 Å². The number of carbonyl (C=O) groups is 1. The fourth-order valence-electron chi connectivity index (χ4n) is 3.12. The zero-order valence-corrected chi connectivity index (χ0v) is 13.3. The van der Waals surface area contributed by atoms with E-state index in [0.717, 1.165) is 25.0 Å². The lowest BCUT2D eigenvalue weighted by Gasteiger charge is -2.22. The van der Waals surface area contributed by atoms with Crippen LogP contribution in [0.3, 0.4) is 0 Å². The van der Waals surface area contributed by atoms with Gasteiger partial charge in [0.15, 0.2) is 5.82 Å². The normalized spacial score (nSPS) is 21.2. The summed E-state index contributed by atoms with van der Waals surface area (Å²) in [6, 6.07) is 4.66. The monoisotopic (exact) mass is 351 g/mol. The molecule has 2 heterocycles. The van der Waals surface area contributed by atoms with E-state index in [0.29, 0.717) is 36.0 Å². The van der Waals surface area contributed by atoms with Crippen molar-refractivity contribution in [3.8, 4) is 0 Å². The number of benzene rings is 1. The molecule has 25 heavy (non-hydrogen) atoms. The van der Waals surface area contributed by atoms with Gasteiger partial charge in [0, 0.05) is 18.9 Å². The molecule has 1 aromatic heterocycles. The third-order valence-electron chi connectivity index (χ3n) is 4.62. The van der Waals surface area contributed by atoms with E-state index in [1.165, 1.54) is 11.0 Å². The average molecular weight is 351 g/mol. The molecule has 1 aliphatic carbocycles. The van der Waals surface area contributed by atoms with Gasteiger partial charge in [-0.25, -0.2) is 0 Å². The molecule has 0 spiro atoms. The number of carbonyl (C=O) groups excluding carboxylic acids is 1. The van der Waals surface area contributed by atoms with Crippen LogP contribution >= 0.6 is 0 Å². The Morgan fingerprint density at radius 1 is 1.24 bits per heavy atom. The Labute approximate surface area is 141 Å². The molecule has 1 saturated carbocycles. The summed E-state index contributed by atoms with van der Waals surface area (Å²) in [5.74, 6) is 1.26. The summed E-state index contributed by atoms with van der Waals surface area (Å²) in [5, 5.41) is 3.96. The minimum Gasteiger partial charge on any atom is -0.337 e. The fraction of sp³-hybridized carbons (Fsp3) is 0.471. The molecule has 1 saturated heterocycles. The van der Waals surface area contributed by atoms with Gasteiger partial charge in [-0.1, -0.05) is 17.3 Å². The van der Waals surface area contributed by atoms with Crippen LogP contribution in [0.5, 0.6) is 0 Å². The van der Waals surface area contributed by atoms with Gasteiger partial charge in [0.1, 0.15) is 6.04 Å². The number of hydrogen-bond donors (Lipinski definition) is 0. The van der Waals surface area contributed by atoms with Crippen LogP contribution in [0.2, 0.25) is 0 Å². The summed E-state index contributed by atoms with van der Waals surface area (Å²) in [4.78, 5) is 18.1. The van der Waals surface area contributed by atoms with E-state index in [-0.39, 0.29) is 18.5 Å². The number of nitrogens with zero attached hydrogens (tertiary/aromatic N) is 3. The Balaban J connectivity index is 1.56. The first kappa shape index (κ1) is 16.1. The van der Waals surface area contributed by atoms with Gasteiger partial charge in [-0.15, -0.1) is 0 Å². The van der Waals surface area contributed by atoms with Gasteiger partial charge < -0.3 is 9.42 Å². The zero-order chi connectivity index (χ0) is 17.6. The van der Waals surface area contributed by atoms with Crippen LogP contribution in [-0.4, -0.2) is 20.9 Å². The largest absolute Gasteiger partial charge is 0.416 e. The summed E-state index contributed by atoms with van der Waals surface area (Å²) in [5.41, 5.74) is -0.293. The molecule has 8 heteroatoms. The van der Waals surface area contributed by atoms with Crippen LogP contribution in [0.4, 0.5) is 13.2 Å². The second-order valence-corrected chi connectivity index (χ2v) is 6.54. The number of alkyl halides is 3. The molecule has 1 aromatic carbocycles. The maximum absolute atomic E-state index is 12.9. The number of likely N-dealkylation sites (tertiary alicyclic amines) is 1. The highest BCUT2D eigenvalue weighted by Crippen LogP contribution is 2.40. The van der Waals surface area contributed by atoms with E-state index < -0.39 is 11.7 Å². The molecule has 0 radical (unpaired) electrons. The first-order valence-electron chi connectivity index (χ1n) is 8.21. The highest BCUT2D eigenvalue weighted by molar-refractivity contribution is 5.78. The molecule has 132 valence electrons. The maximum atomic E-state index is 12.9. The van der Waals surface area contributed by atoms with Gasteiger partial charge in [0.25, 0.3) is 0 Å². The molecule has 0 bridgehead atoms. The Morgan fingerprint density at radius 3 is 2.76 bits per heavy atom. The number of halogens is 3. The number of aromatic nitrogens is 2. The van der Waals surface area contributed by atoms with Crippen LogP contribution < -0.4 is 0 Å². The molecule has 4 rings (SSSR count). The van der Waals surface area contributed by atoms with E-state index in [1.54, 1.807) is 6.07 Å². The smallest absolute Gasteiger partial charge is 0.337 e. The fourth-order valence-corrected chi connectivity index (χ4v) is 3.12. The summed E-state index contributed by atoms with van der Waals surface area (Å²) >= 11 is 0. The molecule has 1 amide bonds. The third-order valence-corrected chi connectivity index (χ3v) is 4.62. The molecular weight excluding hydrogens is 335 g/mol. The second-order valence-electron chi connectivity index (χ2n) is 6.54. The zero-order valence-electron chi connectivity index (χ0n) is 13.3. The number of rotatable bonds is 4. The predicted molar refractivity (Wildman–Crippen MR) is 80.2 cm³/mol. The minimum absolute atomic E-state index is 0.0918. The predicted octanol–water partition coefficient (Wildman–Crippen LogP) is 3.83. The topological polar surface area (TPSA) is 59.2 Å². The van der Waals surface area contributed by atoms with E-state index in [4.69, 9.17) is 4.52 Å². The standard InChI is InChI=1S/C17H16F3N3O2/c18-17(19,20)12-3-1-2-10(8-12)9-23-13(6-7-14(23)24)16-21-15(22-25-16)11-4-5-11/h1-3,8,11,13H,4-7,9H2. The average Bonchev–Trinajstić information content (AvgIpc) is 3.20. The summed E-state index contributed by atoms with van der Waals surface area (Å²) in [7, 11) is 0. The molecule has 0 N–H and O–H groups in total. The Kier molecular flexibility index (Phi) is 3.77. The van der Waals surface area contributed by atoms with Crippen LogP contribution in [-0.2, 0) is 17.5 Å². The Morgan fingerprint density at radius 2 is 2.04 bits per heavy atom. The quantitative estimate of drug-likeness (QED) is 0.840. The lowest BCUT2D eigenvalue weighted by Crippen LogP contribution is -2.27. The SMILES string of the molecule is O=C1CCC(c2nc(C3CC3)no2)N1Cc1cccc(C(F)(F)F)c1. The van der Waals surface area contributed by atoms with Crippen molar-refractivity contribution in [3.05, 3.63) is 47.1 Å². The molecular formula is C17H16F3N3O2. The molecule has 2 fully saturated rings. The van der Waals surface area contributed by atoms with Crippen molar-refractivity contribution in [2.45, 2.75) is 50.4 Å².